The van der Waals surface area contributed by atoms with Crippen LogP contribution in [-0.4, -0.2) is 30.0 Å². The summed E-state index contributed by atoms with van der Waals surface area (Å²) in [6.45, 7) is 4.80. The van der Waals surface area contributed by atoms with Gasteiger partial charge < -0.3 is 14.2 Å². The lowest BCUT2D eigenvalue weighted by atomic mass is 9.99. The smallest absolute Gasteiger partial charge is 0.363 e. The molecule has 0 fully saturated rings. The van der Waals surface area contributed by atoms with E-state index in [1.54, 1.807) is 12.1 Å². The number of aliphatic imine (C=N–C) groups is 1. The number of non-ortho nitro benzene ring substituents is 1. The Morgan fingerprint density at radius 2 is 1.75 bits per heavy atom. The molecule has 8 nitrogen and oxygen atoms in total. The molecule has 0 bridgehead atoms. The zero-order chi connectivity index (χ0) is 25.5. The fourth-order valence-corrected chi connectivity index (χ4v) is 3.59. The van der Waals surface area contributed by atoms with Crippen LogP contribution in [0.2, 0.25) is 0 Å². The van der Waals surface area contributed by atoms with Gasteiger partial charge in [0, 0.05) is 23.3 Å². The van der Waals surface area contributed by atoms with Crippen LogP contribution in [0.5, 0.6) is 11.5 Å². The van der Waals surface area contributed by atoms with Crippen LogP contribution < -0.4 is 9.47 Å². The minimum atomic E-state index is -0.643. The van der Waals surface area contributed by atoms with Crippen molar-refractivity contribution in [2.75, 3.05) is 13.2 Å². The fraction of sp³-hybridized carbons (Fsp3) is 0.214. The number of carbonyl (C=O) groups excluding carboxylic acids is 1. The van der Waals surface area contributed by atoms with Gasteiger partial charge in [0.25, 0.3) is 5.69 Å². The monoisotopic (exact) mass is 486 g/mol. The first kappa shape index (κ1) is 24.7. The van der Waals surface area contributed by atoms with Gasteiger partial charge in [-0.05, 0) is 54.3 Å². The number of nitro groups is 1. The number of hydrogen-bond donors (Lipinski definition) is 0. The molecule has 0 saturated heterocycles. The summed E-state index contributed by atoms with van der Waals surface area (Å²) in [5.41, 5.74) is 2.14. The molecule has 1 atom stereocenters. The molecule has 1 aliphatic heterocycles. The van der Waals surface area contributed by atoms with E-state index in [9.17, 15) is 14.9 Å². The molecule has 0 radical (unpaired) electrons. The standard InChI is InChI=1S/C28H26N2O6/c1-3-19(2)20-9-12-24(13-10-20)34-15-16-35-26-14-11-23(30(32)33)17-22(26)18-25-28(31)36-27(29-25)21-7-5-4-6-8-21/h4-14,17-19H,3,15-16H2,1-2H3/b25-18-. The third-order valence-electron chi connectivity index (χ3n) is 5.81. The van der Waals surface area contributed by atoms with Crippen molar-refractivity contribution in [2.24, 2.45) is 4.99 Å². The molecule has 3 aromatic rings. The van der Waals surface area contributed by atoms with Gasteiger partial charge in [0.05, 0.1) is 4.92 Å². The Balaban J connectivity index is 1.47. The summed E-state index contributed by atoms with van der Waals surface area (Å²) < 4.78 is 16.9. The zero-order valence-corrected chi connectivity index (χ0v) is 20.0. The van der Waals surface area contributed by atoms with Gasteiger partial charge in [-0.15, -0.1) is 0 Å². The van der Waals surface area contributed by atoms with Crippen molar-refractivity contribution in [1.29, 1.82) is 0 Å². The van der Waals surface area contributed by atoms with Crippen molar-refractivity contribution < 1.29 is 23.9 Å². The Labute approximate surface area is 209 Å². The van der Waals surface area contributed by atoms with Crippen LogP contribution >= 0.6 is 0 Å². The van der Waals surface area contributed by atoms with Gasteiger partial charge in [-0.2, -0.15) is 0 Å². The highest BCUT2D eigenvalue weighted by atomic mass is 16.6. The molecule has 1 unspecified atom stereocenters. The topological polar surface area (TPSA) is 100 Å². The van der Waals surface area contributed by atoms with E-state index < -0.39 is 10.9 Å². The summed E-state index contributed by atoms with van der Waals surface area (Å²) in [6, 6.07) is 21.1. The number of ether oxygens (including phenoxy) is 3. The maximum absolute atomic E-state index is 12.4. The van der Waals surface area contributed by atoms with E-state index in [0.29, 0.717) is 22.8 Å². The Kier molecular flexibility index (Phi) is 7.75. The molecule has 0 N–H and O–H groups in total. The number of benzene rings is 3. The molecular formula is C28H26N2O6. The van der Waals surface area contributed by atoms with Crippen LogP contribution in [0.15, 0.2) is 83.5 Å². The van der Waals surface area contributed by atoms with E-state index in [1.165, 1.54) is 29.8 Å². The first-order chi connectivity index (χ1) is 17.4. The van der Waals surface area contributed by atoms with Crippen LogP contribution in [-0.2, 0) is 9.53 Å². The molecule has 184 valence electrons. The van der Waals surface area contributed by atoms with E-state index in [0.717, 1.165) is 12.2 Å². The molecule has 0 aliphatic carbocycles. The van der Waals surface area contributed by atoms with Gasteiger partial charge in [0.15, 0.2) is 5.70 Å². The summed E-state index contributed by atoms with van der Waals surface area (Å²) in [5.74, 6) is 1.11. The molecule has 3 aromatic carbocycles. The largest absolute Gasteiger partial charge is 0.490 e. The van der Waals surface area contributed by atoms with E-state index in [2.05, 4.69) is 31.0 Å². The summed E-state index contributed by atoms with van der Waals surface area (Å²) in [6.07, 6.45) is 2.49. The van der Waals surface area contributed by atoms with Crippen LogP contribution in [0.4, 0.5) is 5.69 Å². The van der Waals surface area contributed by atoms with E-state index >= 15 is 0 Å². The number of rotatable bonds is 10. The molecule has 4 rings (SSSR count). The van der Waals surface area contributed by atoms with Crippen LogP contribution in [0.3, 0.4) is 0 Å². The van der Waals surface area contributed by atoms with Crippen molar-refractivity contribution in [1.82, 2.24) is 0 Å². The third-order valence-corrected chi connectivity index (χ3v) is 5.81. The molecule has 0 spiro atoms. The van der Waals surface area contributed by atoms with Gasteiger partial charge in [0.2, 0.25) is 5.90 Å². The highest BCUT2D eigenvalue weighted by Gasteiger charge is 2.25. The van der Waals surface area contributed by atoms with Gasteiger partial charge >= 0.3 is 5.97 Å². The van der Waals surface area contributed by atoms with Crippen LogP contribution in [0.1, 0.15) is 42.9 Å². The van der Waals surface area contributed by atoms with Gasteiger partial charge in [-0.1, -0.05) is 44.2 Å². The average molecular weight is 487 g/mol. The quantitative estimate of drug-likeness (QED) is 0.116. The number of carbonyl (C=O) groups is 1. The Morgan fingerprint density at radius 1 is 1.03 bits per heavy atom. The van der Waals surface area contributed by atoms with Crippen molar-refractivity contribution in [3.8, 4) is 11.5 Å². The third kappa shape index (κ3) is 5.96. The summed E-state index contributed by atoms with van der Waals surface area (Å²) >= 11 is 0. The van der Waals surface area contributed by atoms with Gasteiger partial charge in [-0.25, -0.2) is 9.79 Å². The summed E-state index contributed by atoms with van der Waals surface area (Å²) in [4.78, 5) is 27.5. The van der Waals surface area contributed by atoms with Crippen molar-refractivity contribution in [3.63, 3.8) is 0 Å². The number of cyclic esters (lactones) is 1. The van der Waals surface area contributed by atoms with E-state index in [-0.39, 0.29) is 30.5 Å². The van der Waals surface area contributed by atoms with E-state index in [4.69, 9.17) is 14.2 Å². The highest BCUT2D eigenvalue weighted by molar-refractivity contribution is 6.12. The Bertz CT molecular complexity index is 1300. The second kappa shape index (κ2) is 11.3. The lowest BCUT2D eigenvalue weighted by Gasteiger charge is -2.12. The van der Waals surface area contributed by atoms with Crippen LogP contribution in [0.25, 0.3) is 6.08 Å². The normalized spacial score (nSPS) is 14.8. The summed E-state index contributed by atoms with van der Waals surface area (Å²) in [5, 5.41) is 11.3. The Morgan fingerprint density at radius 3 is 2.44 bits per heavy atom. The minimum absolute atomic E-state index is 0.0249. The van der Waals surface area contributed by atoms with Crippen molar-refractivity contribution in [3.05, 3.63) is 105 Å². The van der Waals surface area contributed by atoms with E-state index in [1.807, 2.05) is 30.3 Å². The fourth-order valence-electron chi connectivity index (χ4n) is 3.59. The zero-order valence-electron chi connectivity index (χ0n) is 20.0. The van der Waals surface area contributed by atoms with Crippen molar-refractivity contribution >= 4 is 23.6 Å². The van der Waals surface area contributed by atoms with Crippen LogP contribution in [0, 0.1) is 10.1 Å². The molecule has 0 amide bonds. The molecule has 36 heavy (non-hydrogen) atoms. The highest BCUT2D eigenvalue weighted by Crippen LogP contribution is 2.29. The predicted molar refractivity (Wildman–Crippen MR) is 136 cm³/mol. The predicted octanol–water partition coefficient (Wildman–Crippen LogP) is 5.91. The minimum Gasteiger partial charge on any atom is -0.490 e. The molecular weight excluding hydrogens is 460 g/mol. The summed E-state index contributed by atoms with van der Waals surface area (Å²) in [7, 11) is 0. The number of nitro benzene ring substituents is 1. The van der Waals surface area contributed by atoms with Gasteiger partial charge in [-0.3, -0.25) is 10.1 Å². The lowest BCUT2D eigenvalue weighted by molar-refractivity contribution is -0.384. The number of nitrogens with zero attached hydrogens (tertiary/aromatic N) is 2. The number of esters is 1. The second-order valence-corrected chi connectivity index (χ2v) is 8.26. The maximum atomic E-state index is 12.4. The lowest BCUT2D eigenvalue weighted by Crippen LogP contribution is -2.10. The maximum Gasteiger partial charge on any atom is 0.363 e. The number of hydrogen-bond acceptors (Lipinski definition) is 7. The molecule has 0 aromatic heterocycles. The molecule has 1 aliphatic rings. The SMILES string of the molecule is CCC(C)c1ccc(OCCOc2ccc([N+](=O)[O-])cc2/C=C2\N=C(c3ccccc3)OC2=O)cc1. The Hall–Kier alpha value is -4.46. The molecule has 1 heterocycles. The molecule has 0 saturated carbocycles. The molecule has 8 heteroatoms. The first-order valence-electron chi connectivity index (χ1n) is 11.7. The average Bonchev–Trinajstić information content (AvgIpc) is 3.27. The van der Waals surface area contributed by atoms with Gasteiger partial charge in [0.1, 0.15) is 24.7 Å². The second-order valence-electron chi connectivity index (χ2n) is 8.26. The van der Waals surface area contributed by atoms with Crippen molar-refractivity contribution in [2.45, 2.75) is 26.2 Å². The first-order valence-corrected chi connectivity index (χ1v) is 11.7.